The van der Waals surface area contributed by atoms with Crippen LogP contribution in [0.5, 0.6) is 0 Å². The molecule has 0 bridgehead atoms. The predicted molar refractivity (Wildman–Crippen MR) is 129 cm³/mol. The molecule has 0 saturated carbocycles. The maximum Gasteiger partial charge on any atom is 0.307 e. The van der Waals surface area contributed by atoms with Crippen LogP contribution in [-0.2, 0) is 27.3 Å². The third-order valence-electron chi connectivity index (χ3n) is 5.87. The van der Waals surface area contributed by atoms with Crippen LogP contribution < -0.4 is 5.32 Å². The van der Waals surface area contributed by atoms with Crippen molar-refractivity contribution in [1.29, 1.82) is 0 Å². The van der Waals surface area contributed by atoms with E-state index in [1.54, 1.807) is 0 Å². The number of hydrogen-bond donors (Lipinski definition) is 3. The van der Waals surface area contributed by atoms with Gasteiger partial charge >= 0.3 is 11.9 Å². The van der Waals surface area contributed by atoms with Gasteiger partial charge in [-0.1, -0.05) is 82.0 Å². The number of carboxylic acid groups (broad SMARTS) is 2. The lowest BCUT2D eigenvalue weighted by Gasteiger charge is -2.13. The van der Waals surface area contributed by atoms with Crippen LogP contribution in [0.3, 0.4) is 0 Å². The van der Waals surface area contributed by atoms with Gasteiger partial charge in [0.15, 0.2) is 0 Å². The first-order valence-electron chi connectivity index (χ1n) is 11.7. The third-order valence-corrected chi connectivity index (χ3v) is 5.87. The molecule has 0 aliphatic carbocycles. The molecule has 0 saturated heterocycles. The smallest absolute Gasteiger partial charge is 0.307 e. The summed E-state index contributed by atoms with van der Waals surface area (Å²) in [6.45, 7) is 4.62. The lowest BCUT2D eigenvalue weighted by Crippen LogP contribution is -2.28. The number of nitrogens with one attached hydrogen (secondary N) is 1. The molecule has 1 amide bonds. The molecule has 2 rings (SSSR count). The topological polar surface area (TPSA) is 104 Å². The zero-order valence-electron chi connectivity index (χ0n) is 19.5. The summed E-state index contributed by atoms with van der Waals surface area (Å²) in [6, 6.07) is 15.4. The molecule has 3 N–H and O–H groups in total. The van der Waals surface area contributed by atoms with Gasteiger partial charge in [0.05, 0.1) is 12.3 Å². The largest absolute Gasteiger partial charge is 0.481 e. The Labute approximate surface area is 196 Å². The summed E-state index contributed by atoms with van der Waals surface area (Å²) in [5.41, 5.74) is 3.77. The Kier molecular flexibility index (Phi) is 10.6. The fourth-order valence-electron chi connectivity index (χ4n) is 3.81. The normalized spacial score (nSPS) is 12.7. The number of amides is 1. The van der Waals surface area contributed by atoms with Gasteiger partial charge in [-0.2, -0.15) is 0 Å². The van der Waals surface area contributed by atoms with Crippen molar-refractivity contribution in [2.24, 2.45) is 11.8 Å². The lowest BCUT2D eigenvalue weighted by molar-refractivity contribution is -0.148. The van der Waals surface area contributed by atoms with Gasteiger partial charge in [-0.25, -0.2) is 0 Å². The minimum atomic E-state index is -1.12. The molecule has 0 radical (unpaired) electrons. The van der Waals surface area contributed by atoms with Crippen molar-refractivity contribution in [2.45, 2.75) is 65.3 Å². The van der Waals surface area contributed by atoms with Crippen molar-refractivity contribution in [3.8, 4) is 11.1 Å². The van der Waals surface area contributed by atoms with Crippen molar-refractivity contribution >= 4 is 17.8 Å². The Bertz CT molecular complexity index is 922. The number of benzene rings is 2. The summed E-state index contributed by atoms with van der Waals surface area (Å²) in [7, 11) is 0. The SMILES string of the molecule is CCCCCCC(C)C(=O)NCc1cccc(-c2ccc(CC(CC(=O)O)C(=O)O)cc2)c1. The zero-order valence-corrected chi connectivity index (χ0v) is 19.5. The maximum absolute atomic E-state index is 12.4. The second-order valence-electron chi connectivity index (χ2n) is 8.70. The van der Waals surface area contributed by atoms with E-state index in [4.69, 9.17) is 5.11 Å². The van der Waals surface area contributed by atoms with Crippen molar-refractivity contribution in [3.05, 3.63) is 59.7 Å². The van der Waals surface area contributed by atoms with E-state index in [9.17, 15) is 19.5 Å². The third kappa shape index (κ3) is 9.08. The molecule has 2 atom stereocenters. The first-order valence-corrected chi connectivity index (χ1v) is 11.7. The Balaban J connectivity index is 1.95. The molecule has 6 heteroatoms. The molecule has 0 fully saturated rings. The van der Waals surface area contributed by atoms with Crippen LogP contribution >= 0.6 is 0 Å². The fourth-order valence-corrected chi connectivity index (χ4v) is 3.81. The minimum absolute atomic E-state index is 0.00772. The van der Waals surface area contributed by atoms with Gasteiger partial charge < -0.3 is 15.5 Å². The molecule has 2 unspecified atom stereocenters. The van der Waals surface area contributed by atoms with E-state index < -0.39 is 24.3 Å². The van der Waals surface area contributed by atoms with Crippen LogP contribution in [0.25, 0.3) is 11.1 Å². The second-order valence-corrected chi connectivity index (χ2v) is 8.70. The molecule has 33 heavy (non-hydrogen) atoms. The molecule has 0 aromatic heterocycles. The highest BCUT2D eigenvalue weighted by atomic mass is 16.4. The summed E-state index contributed by atoms with van der Waals surface area (Å²) in [5.74, 6) is -3.08. The van der Waals surface area contributed by atoms with Gasteiger partial charge in [0, 0.05) is 12.5 Å². The molecule has 178 valence electrons. The number of hydrogen-bond acceptors (Lipinski definition) is 3. The number of carbonyl (C=O) groups is 3. The van der Waals surface area contributed by atoms with Crippen LogP contribution in [0.15, 0.2) is 48.5 Å². The highest BCUT2D eigenvalue weighted by Crippen LogP contribution is 2.23. The fraction of sp³-hybridized carbons (Fsp3) is 0.444. The highest BCUT2D eigenvalue weighted by Gasteiger charge is 2.21. The summed E-state index contributed by atoms with van der Waals surface area (Å²) in [5, 5.41) is 21.2. The van der Waals surface area contributed by atoms with E-state index in [0.717, 1.165) is 35.1 Å². The number of aliphatic carboxylic acids is 2. The molecule has 0 aliphatic rings. The average Bonchev–Trinajstić information content (AvgIpc) is 2.80. The van der Waals surface area contributed by atoms with Gasteiger partial charge in [0.2, 0.25) is 5.91 Å². The lowest BCUT2D eigenvalue weighted by atomic mass is 9.94. The highest BCUT2D eigenvalue weighted by molar-refractivity contribution is 5.78. The average molecular weight is 454 g/mol. The van der Waals surface area contributed by atoms with E-state index in [-0.39, 0.29) is 18.2 Å². The zero-order chi connectivity index (χ0) is 24.2. The van der Waals surface area contributed by atoms with Crippen molar-refractivity contribution in [2.75, 3.05) is 0 Å². The minimum Gasteiger partial charge on any atom is -0.481 e. The van der Waals surface area contributed by atoms with Gasteiger partial charge in [0.1, 0.15) is 0 Å². The molecule has 0 heterocycles. The van der Waals surface area contributed by atoms with Gasteiger partial charge in [0.25, 0.3) is 0 Å². The van der Waals surface area contributed by atoms with Gasteiger partial charge in [-0.05, 0) is 41.2 Å². The first kappa shape index (κ1) is 26.1. The summed E-state index contributed by atoms with van der Waals surface area (Å²) in [4.78, 5) is 34.6. The summed E-state index contributed by atoms with van der Waals surface area (Å²) < 4.78 is 0. The number of unbranched alkanes of at least 4 members (excludes halogenated alkanes) is 3. The Morgan fingerprint density at radius 3 is 2.27 bits per heavy atom. The molecular weight excluding hydrogens is 418 g/mol. The Morgan fingerprint density at radius 1 is 0.909 bits per heavy atom. The van der Waals surface area contributed by atoms with Crippen LogP contribution in [-0.4, -0.2) is 28.1 Å². The van der Waals surface area contributed by atoms with Crippen LogP contribution in [0.4, 0.5) is 0 Å². The van der Waals surface area contributed by atoms with E-state index >= 15 is 0 Å². The molecule has 0 aliphatic heterocycles. The quantitative estimate of drug-likeness (QED) is 0.337. The number of carboxylic acids is 2. The van der Waals surface area contributed by atoms with Crippen molar-refractivity contribution < 1.29 is 24.6 Å². The summed E-state index contributed by atoms with van der Waals surface area (Å²) >= 11 is 0. The van der Waals surface area contributed by atoms with Crippen LogP contribution in [0.1, 0.15) is 63.5 Å². The second kappa shape index (κ2) is 13.4. The van der Waals surface area contributed by atoms with Crippen molar-refractivity contribution in [3.63, 3.8) is 0 Å². The van der Waals surface area contributed by atoms with Crippen molar-refractivity contribution in [1.82, 2.24) is 5.32 Å². The Hall–Kier alpha value is -3.15. The molecule has 2 aromatic rings. The predicted octanol–water partition coefficient (Wildman–Crippen LogP) is 5.29. The monoisotopic (exact) mass is 453 g/mol. The standard InChI is InChI=1S/C27H35NO5/c1-3-4-5-6-8-19(2)26(31)28-18-21-9-7-10-23(16-21)22-13-11-20(12-14-22)15-24(27(32)33)17-25(29)30/h7,9-14,16,19,24H,3-6,8,15,17-18H2,1-2H3,(H,28,31)(H,29,30)(H,32,33). The number of carbonyl (C=O) groups excluding carboxylic acids is 1. The summed E-state index contributed by atoms with van der Waals surface area (Å²) in [6.07, 6.45) is 5.33. The maximum atomic E-state index is 12.4. The van der Waals surface area contributed by atoms with E-state index in [2.05, 4.69) is 12.2 Å². The van der Waals surface area contributed by atoms with Gasteiger partial charge in [-0.3, -0.25) is 14.4 Å². The number of rotatable bonds is 14. The first-order chi connectivity index (χ1) is 15.8. The molecular formula is C27H35NO5. The van der Waals surface area contributed by atoms with E-state index in [1.165, 1.54) is 19.3 Å². The molecule has 0 spiro atoms. The van der Waals surface area contributed by atoms with Gasteiger partial charge in [-0.15, -0.1) is 0 Å². The molecule has 2 aromatic carbocycles. The Morgan fingerprint density at radius 2 is 1.64 bits per heavy atom. The van der Waals surface area contributed by atoms with E-state index in [1.807, 2.05) is 55.5 Å². The van der Waals surface area contributed by atoms with E-state index in [0.29, 0.717) is 6.54 Å². The van der Waals surface area contributed by atoms with Crippen LogP contribution in [0, 0.1) is 11.8 Å². The van der Waals surface area contributed by atoms with Crippen LogP contribution in [0.2, 0.25) is 0 Å². The molecule has 6 nitrogen and oxygen atoms in total.